The number of nitrogens with zero attached hydrogens (tertiary/aromatic N) is 1. The lowest BCUT2D eigenvalue weighted by Crippen LogP contribution is -2.33. The summed E-state index contributed by atoms with van der Waals surface area (Å²) >= 11 is 6.48. The average Bonchev–Trinajstić information content (AvgIpc) is 3.08. The molecule has 2 saturated heterocycles. The molecule has 1 amide bonds. The zero-order valence-corrected chi connectivity index (χ0v) is 20.0. The van der Waals surface area contributed by atoms with E-state index >= 15 is 0 Å². The van der Waals surface area contributed by atoms with Crippen LogP contribution in [0.5, 0.6) is 0 Å². The van der Waals surface area contributed by atoms with Crippen molar-refractivity contribution in [3.8, 4) is 11.1 Å². The number of carbonyl (C=O) groups is 1. The Morgan fingerprint density at radius 3 is 2.88 bits per heavy atom. The second-order valence-electron chi connectivity index (χ2n) is 9.07. The molecule has 4 rings (SSSR count). The highest BCUT2D eigenvalue weighted by molar-refractivity contribution is 6.33. The number of nitrogens with one attached hydrogen (secondary N) is 3. The summed E-state index contributed by atoms with van der Waals surface area (Å²) in [6.07, 6.45) is 4.32. The molecule has 0 spiro atoms. The van der Waals surface area contributed by atoms with Gasteiger partial charge in [0, 0.05) is 37.1 Å². The Hall–Kier alpha value is -2.19. The molecular weight excluding hydrogens is 440 g/mol. The maximum atomic E-state index is 12.7. The lowest BCUT2D eigenvalue weighted by molar-refractivity contribution is -0.121. The maximum Gasteiger partial charge on any atom is 0.232 e. The van der Waals surface area contributed by atoms with E-state index in [-0.39, 0.29) is 11.8 Å². The van der Waals surface area contributed by atoms with Gasteiger partial charge in [-0.3, -0.25) is 4.79 Å². The summed E-state index contributed by atoms with van der Waals surface area (Å²) in [5, 5.41) is 10.2. The van der Waals surface area contributed by atoms with Crippen molar-refractivity contribution >= 4 is 29.0 Å². The SMILES string of the molecule is CC1CC(CNc2cccc(-c3cc(NC(=O)C4CNCCOC4)ncc3Cl)c2)CC(C)O1. The van der Waals surface area contributed by atoms with E-state index in [1.807, 2.05) is 18.2 Å². The van der Waals surface area contributed by atoms with Crippen LogP contribution in [0.1, 0.15) is 26.7 Å². The van der Waals surface area contributed by atoms with Crippen molar-refractivity contribution in [1.29, 1.82) is 0 Å². The van der Waals surface area contributed by atoms with Crippen LogP contribution in [0.4, 0.5) is 11.5 Å². The monoisotopic (exact) mass is 472 g/mol. The van der Waals surface area contributed by atoms with Crippen molar-refractivity contribution in [3.63, 3.8) is 0 Å². The van der Waals surface area contributed by atoms with Crippen LogP contribution in [0.2, 0.25) is 5.02 Å². The van der Waals surface area contributed by atoms with Crippen molar-refractivity contribution in [3.05, 3.63) is 41.6 Å². The summed E-state index contributed by atoms with van der Waals surface area (Å²) in [6.45, 7) is 7.55. The zero-order chi connectivity index (χ0) is 23.2. The van der Waals surface area contributed by atoms with E-state index in [0.717, 1.165) is 42.7 Å². The summed E-state index contributed by atoms with van der Waals surface area (Å²) in [6, 6.07) is 10.00. The minimum absolute atomic E-state index is 0.111. The third kappa shape index (κ3) is 6.67. The minimum Gasteiger partial charge on any atom is -0.385 e. The second-order valence-corrected chi connectivity index (χ2v) is 9.48. The van der Waals surface area contributed by atoms with Crippen LogP contribution in [0, 0.1) is 11.8 Å². The second kappa shape index (κ2) is 11.3. The Bertz CT molecular complexity index is 939. The van der Waals surface area contributed by atoms with Crippen molar-refractivity contribution < 1.29 is 14.3 Å². The third-order valence-electron chi connectivity index (χ3n) is 6.17. The van der Waals surface area contributed by atoms with Crippen LogP contribution in [0.15, 0.2) is 36.5 Å². The normalized spacial score (nSPS) is 25.8. The van der Waals surface area contributed by atoms with E-state index in [0.29, 0.717) is 48.7 Å². The smallest absolute Gasteiger partial charge is 0.232 e. The molecule has 1 aromatic carbocycles. The number of ether oxygens (including phenoxy) is 2. The molecule has 3 atom stereocenters. The molecule has 0 aliphatic carbocycles. The predicted molar refractivity (Wildman–Crippen MR) is 132 cm³/mol. The fourth-order valence-electron chi connectivity index (χ4n) is 4.60. The van der Waals surface area contributed by atoms with Gasteiger partial charge in [0.15, 0.2) is 0 Å². The van der Waals surface area contributed by atoms with Gasteiger partial charge in [0.2, 0.25) is 5.91 Å². The number of carbonyl (C=O) groups excluding carboxylic acids is 1. The molecule has 2 aliphatic heterocycles. The van der Waals surface area contributed by atoms with Crippen LogP contribution < -0.4 is 16.0 Å². The summed E-state index contributed by atoms with van der Waals surface area (Å²) in [7, 11) is 0. The molecular formula is C25H33ClN4O3. The number of anilines is 2. The highest BCUT2D eigenvalue weighted by atomic mass is 35.5. The first-order valence-corrected chi connectivity index (χ1v) is 12.1. The quantitative estimate of drug-likeness (QED) is 0.584. The number of hydrogen-bond donors (Lipinski definition) is 3. The van der Waals surface area contributed by atoms with Gasteiger partial charge in [-0.05, 0) is 56.4 Å². The van der Waals surface area contributed by atoms with Gasteiger partial charge in [-0.2, -0.15) is 0 Å². The molecule has 2 aromatic rings. The highest BCUT2D eigenvalue weighted by Gasteiger charge is 2.24. The Labute approximate surface area is 200 Å². The molecule has 0 radical (unpaired) electrons. The van der Waals surface area contributed by atoms with Crippen LogP contribution in [-0.2, 0) is 14.3 Å². The number of pyridine rings is 1. The molecule has 33 heavy (non-hydrogen) atoms. The first-order chi connectivity index (χ1) is 16.0. The Morgan fingerprint density at radius 1 is 1.24 bits per heavy atom. The molecule has 178 valence electrons. The van der Waals surface area contributed by atoms with E-state index < -0.39 is 0 Å². The topological polar surface area (TPSA) is 84.5 Å². The van der Waals surface area contributed by atoms with E-state index in [9.17, 15) is 4.79 Å². The largest absolute Gasteiger partial charge is 0.385 e. The minimum atomic E-state index is -0.253. The Kier molecular flexibility index (Phi) is 8.20. The van der Waals surface area contributed by atoms with Gasteiger partial charge < -0.3 is 25.4 Å². The highest BCUT2D eigenvalue weighted by Crippen LogP contribution is 2.31. The molecule has 1 aromatic heterocycles. The average molecular weight is 473 g/mol. The zero-order valence-electron chi connectivity index (χ0n) is 19.3. The van der Waals surface area contributed by atoms with Crippen molar-refractivity contribution in [2.45, 2.75) is 38.9 Å². The van der Waals surface area contributed by atoms with Crippen molar-refractivity contribution in [1.82, 2.24) is 10.3 Å². The Balaban J connectivity index is 1.43. The maximum absolute atomic E-state index is 12.7. The molecule has 0 saturated carbocycles. The fraction of sp³-hybridized carbons (Fsp3) is 0.520. The van der Waals surface area contributed by atoms with Crippen molar-refractivity contribution in [2.24, 2.45) is 11.8 Å². The van der Waals surface area contributed by atoms with Crippen molar-refractivity contribution in [2.75, 3.05) is 43.5 Å². The summed E-state index contributed by atoms with van der Waals surface area (Å²) in [5.74, 6) is 0.700. The van der Waals surface area contributed by atoms with Gasteiger partial charge in [0.1, 0.15) is 5.82 Å². The summed E-state index contributed by atoms with van der Waals surface area (Å²) < 4.78 is 11.3. The Morgan fingerprint density at radius 2 is 2.06 bits per heavy atom. The summed E-state index contributed by atoms with van der Waals surface area (Å²) in [4.78, 5) is 17.0. The lowest BCUT2D eigenvalue weighted by Gasteiger charge is -2.32. The van der Waals surface area contributed by atoms with Gasteiger partial charge in [0.05, 0.1) is 36.4 Å². The van der Waals surface area contributed by atoms with E-state index in [4.69, 9.17) is 21.1 Å². The fourth-order valence-corrected chi connectivity index (χ4v) is 4.81. The number of benzene rings is 1. The lowest BCUT2D eigenvalue weighted by atomic mass is 9.92. The van der Waals surface area contributed by atoms with Gasteiger partial charge in [-0.25, -0.2) is 4.98 Å². The number of rotatable bonds is 6. The molecule has 3 unspecified atom stereocenters. The standard InChI is InChI=1S/C25H33ClN4O3/c1-16-8-18(9-17(2)33-16)12-28-21-5-3-4-19(10-21)22-11-24(29-14-23(22)26)30-25(31)20-13-27-6-7-32-15-20/h3-5,10-11,14,16-18,20,27-28H,6-9,12-13,15H2,1-2H3,(H,29,30,31). The van der Waals surface area contributed by atoms with Gasteiger partial charge in [0.25, 0.3) is 0 Å². The van der Waals surface area contributed by atoms with E-state index in [1.54, 1.807) is 6.20 Å². The van der Waals surface area contributed by atoms with Gasteiger partial charge in [-0.1, -0.05) is 23.7 Å². The van der Waals surface area contributed by atoms with Gasteiger partial charge in [-0.15, -0.1) is 0 Å². The number of hydrogen-bond acceptors (Lipinski definition) is 6. The van der Waals surface area contributed by atoms with E-state index in [1.165, 1.54) is 0 Å². The predicted octanol–water partition coefficient (Wildman–Crippen LogP) is 4.19. The van der Waals surface area contributed by atoms with E-state index in [2.05, 4.69) is 46.9 Å². The molecule has 0 bridgehead atoms. The molecule has 2 aliphatic rings. The first-order valence-electron chi connectivity index (χ1n) is 11.7. The molecule has 7 nitrogen and oxygen atoms in total. The number of aromatic nitrogens is 1. The number of amides is 1. The number of halogens is 1. The molecule has 3 heterocycles. The van der Waals surface area contributed by atoms with Crippen LogP contribution >= 0.6 is 11.6 Å². The van der Waals surface area contributed by atoms with Crippen LogP contribution in [0.25, 0.3) is 11.1 Å². The van der Waals surface area contributed by atoms with Gasteiger partial charge >= 0.3 is 0 Å². The molecule has 2 fully saturated rings. The van der Waals surface area contributed by atoms with Crippen LogP contribution in [-0.4, -0.2) is 55.9 Å². The summed E-state index contributed by atoms with van der Waals surface area (Å²) in [5.41, 5.74) is 2.84. The third-order valence-corrected chi connectivity index (χ3v) is 6.48. The first kappa shape index (κ1) is 24.0. The molecule has 8 heteroatoms. The van der Waals surface area contributed by atoms with Crippen LogP contribution in [0.3, 0.4) is 0 Å². The molecule has 3 N–H and O–H groups in total.